The maximum Gasteiger partial charge on any atom is 0.414 e. The van der Waals surface area contributed by atoms with Crippen LogP contribution < -0.4 is 31.2 Å². The van der Waals surface area contributed by atoms with E-state index in [9.17, 15) is 18.8 Å². The van der Waals surface area contributed by atoms with Gasteiger partial charge < -0.3 is 35.7 Å². The molecule has 0 bridgehead atoms. The van der Waals surface area contributed by atoms with Crippen LogP contribution in [-0.4, -0.2) is 77.6 Å². The highest BCUT2D eigenvalue weighted by atomic mass is 32.1. The standard InChI is InChI=1S/C24H23F2N7O5S/c25-16-7-12(33-11-13(38-24(33)37)9-29-23(27)39)1-2-18(16)31-3-5-32(6-4-31)21-17(26)8-14-19(34)15(22(35)36)10-28-20(14)30-21/h1-2,7-8,10,13H,3-6,9,11H2,(H,35,36)(H3,27,29,39)(H,28,30,34)/t13-/m0/s1. The van der Waals surface area contributed by atoms with E-state index < -0.39 is 40.8 Å². The third kappa shape index (κ3) is 5.12. The average Bonchev–Trinajstić information content (AvgIpc) is 3.28. The Morgan fingerprint density at radius 3 is 2.56 bits per heavy atom. The number of amides is 1. The number of carboxylic acids is 1. The second-order valence-electron chi connectivity index (χ2n) is 9.00. The number of piperazine rings is 1. The number of nitrogens with two attached hydrogens (primary N) is 1. The number of ether oxygens (including phenoxy) is 1. The van der Waals surface area contributed by atoms with E-state index in [1.165, 1.54) is 11.0 Å². The molecule has 1 atom stereocenters. The lowest BCUT2D eigenvalue weighted by Crippen LogP contribution is -2.47. The first-order valence-electron chi connectivity index (χ1n) is 11.9. The largest absolute Gasteiger partial charge is 0.477 e. The molecule has 39 heavy (non-hydrogen) atoms. The highest BCUT2D eigenvalue weighted by Gasteiger charge is 2.33. The quantitative estimate of drug-likeness (QED) is 0.324. The summed E-state index contributed by atoms with van der Waals surface area (Å²) in [7, 11) is 0. The van der Waals surface area contributed by atoms with Crippen molar-refractivity contribution in [2.75, 3.05) is 54.0 Å². The Kier molecular flexibility index (Phi) is 6.91. The zero-order valence-electron chi connectivity index (χ0n) is 20.3. The number of halogens is 2. The Bertz CT molecular complexity index is 1540. The van der Waals surface area contributed by atoms with Gasteiger partial charge in [-0.3, -0.25) is 9.69 Å². The van der Waals surface area contributed by atoms with Gasteiger partial charge in [0.25, 0.3) is 0 Å². The number of aromatic nitrogens is 2. The molecule has 1 amide bonds. The summed E-state index contributed by atoms with van der Waals surface area (Å²) in [5.41, 5.74) is 4.81. The third-order valence-corrected chi connectivity index (χ3v) is 6.72. The van der Waals surface area contributed by atoms with Crippen molar-refractivity contribution in [3.8, 4) is 0 Å². The van der Waals surface area contributed by atoms with Gasteiger partial charge in [0.05, 0.1) is 29.9 Å². The molecule has 2 aliphatic rings. The minimum atomic E-state index is -1.42. The fraction of sp³-hybridized carbons (Fsp3) is 0.292. The van der Waals surface area contributed by atoms with Crippen LogP contribution in [-0.2, 0) is 4.74 Å². The number of hydrogen-bond donors (Lipinski definition) is 4. The summed E-state index contributed by atoms with van der Waals surface area (Å²) in [5.74, 6) is -2.71. The molecule has 204 valence electrons. The molecule has 1 aromatic carbocycles. The van der Waals surface area contributed by atoms with Gasteiger partial charge in [-0.1, -0.05) is 0 Å². The molecule has 12 nitrogen and oxygen atoms in total. The van der Waals surface area contributed by atoms with Crippen molar-refractivity contribution < 1.29 is 28.2 Å². The van der Waals surface area contributed by atoms with Crippen LogP contribution in [0, 0.1) is 11.6 Å². The van der Waals surface area contributed by atoms with Gasteiger partial charge in [-0.05, 0) is 36.5 Å². The van der Waals surface area contributed by atoms with Crippen molar-refractivity contribution in [1.29, 1.82) is 0 Å². The van der Waals surface area contributed by atoms with E-state index in [2.05, 4.69) is 15.3 Å². The lowest BCUT2D eigenvalue weighted by Gasteiger charge is -2.37. The summed E-state index contributed by atoms with van der Waals surface area (Å²) < 4.78 is 35.3. The van der Waals surface area contributed by atoms with Gasteiger partial charge in [-0.2, -0.15) is 0 Å². The number of pyridine rings is 2. The van der Waals surface area contributed by atoms with Crippen LogP contribution in [0.25, 0.3) is 11.0 Å². The maximum absolute atomic E-state index is 15.1. The number of aromatic carboxylic acids is 1. The first-order valence-corrected chi connectivity index (χ1v) is 12.3. The number of aromatic amines is 1. The molecule has 0 radical (unpaired) electrons. The minimum Gasteiger partial charge on any atom is -0.477 e. The van der Waals surface area contributed by atoms with Crippen molar-refractivity contribution in [2.45, 2.75) is 6.10 Å². The number of cyclic esters (lactones) is 1. The van der Waals surface area contributed by atoms with Crippen LogP contribution in [0.4, 0.5) is 30.8 Å². The Morgan fingerprint density at radius 2 is 1.90 bits per heavy atom. The van der Waals surface area contributed by atoms with Crippen LogP contribution >= 0.6 is 12.2 Å². The van der Waals surface area contributed by atoms with Crippen molar-refractivity contribution in [3.63, 3.8) is 0 Å². The van der Waals surface area contributed by atoms with E-state index in [0.29, 0.717) is 37.6 Å². The number of carbonyl (C=O) groups is 2. The maximum atomic E-state index is 15.1. The molecule has 0 saturated carbocycles. The van der Waals surface area contributed by atoms with E-state index in [-0.39, 0.29) is 35.1 Å². The number of hydrogen-bond acceptors (Lipinski definition) is 8. The fourth-order valence-electron chi connectivity index (χ4n) is 4.63. The Hall–Kier alpha value is -4.53. The molecule has 5 N–H and O–H groups in total. The summed E-state index contributed by atoms with van der Waals surface area (Å²) in [6, 6.07) is 5.44. The number of carbonyl (C=O) groups excluding carboxylic acids is 1. The average molecular weight is 560 g/mol. The van der Waals surface area contributed by atoms with Crippen molar-refractivity contribution >= 4 is 57.6 Å². The van der Waals surface area contributed by atoms with Crippen molar-refractivity contribution in [3.05, 3.63) is 57.9 Å². The summed E-state index contributed by atoms with van der Waals surface area (Å²) in [6.07, 6.45) is -0.0626. The fourth-order valence-corrected chi connectivity index (χ4v) is 4.71. The smallest absolute Gasteiger partial charge is 0.414 e. The minimum absolute atomic E-state index is 0.00341. The van der Waals surface area contributed by atoms with Crippen LogP contribution in [0.1, 0.15) is 10.4 Å². The Morgan fingerprint density at radius 1 is 1.18 bits per heavy atom. The molecule has 5 rings (SSSR count). The number of nitrogens with one attached hydrogen (secondary N) is 2. The lowest BCUT2D eigenvalue weighted by molar-refractivity contribution is 0.0695. The summed E-state index contributed by atoms with van der Waals surface area (Å²) in [6.45, 7) is 1.77. The zero-order chi connectivity index (χ0) is 27.8. The molecule has 2 saturated heterocycles. The topological polar surface area (TPSA) is 157 Å². The Labute approximate surface area is 224 Å². The first-order chi connectivity index (χ1) is 18.6. The number of thiocarbonyl (C=S) groups is 1. The first kappa shape index (κ1) is 26.1. The molecule has 2 aromatic heterocycles. The second-order valence-corrected chi connectivity index (χ2v) is 9.44. The molecule has 0 aliphatic carbocycles. The van der Waals surface area contributed by atoms with Gasteiger partial charge in [-0.15, -0.1) is 0 Å². The van der Waals surface area contributed by atoms with E-state index >= 15 is 4.39 Å². The molecule has 2 aliphatic heterocycles. The monoisotopic (exact) mass is 559 g/mol. The third-order valence-electron chi connectivity index (χ3n) is 6.57. The van der Waals surface area contributed by atoms with E-state index in [1.807, 2.05) is 0 Å². The molecule has 15 heteroatoms. The van der Waals surface area contributed by atoms with Gasteiger partial charge in [-0.25, -0.2) is 23.4 Å². The zero-order valence-corrected chi connectivity index (χ0v) is 21.1. The van der Waals surface area contributed by atoms with E-state index in [0.717, 1.165) is 12.3 Å². The van der Waals surface area contributed by atoms with Crippen LogP contribution in [0.5, 0.6) is 0 Å². The molecular formula is C24H23F2N7O5S. The number of nitrogens with zero attached hydrogens (tertiary/aromatic N) is 4. The molecule has 3 aromatic rings. The van der Waals surface area contributed by atoms with Crippen molar-refractivity contribution in [1.82, 2.24) is 15.3 Å². The van der Waals surface area contributed by atoms with Gasteiger partial charge in [0, 0.05) is 32.4 Å². The molecular weight excluding hydrogens is 536 g/mol. The predicted octanol–water partition coefficient (Wildman–Crippen LogP) is 1.38. The lowest BCUT2D eigenvalue weighted by atomic mass is 10.2. The van der Waals surface area contributed by atoms with E-state index in [1.54, 1.807) is 21.9 Å². The van der Waals surface area contributed by atoms with Crippen LogP contribution in [0.15, 0.2) is 35.3 Å². The molecule has 4 heterocycles. The van der Waals surface area contributed by atoms with Crippen LogP contribution in [0.3, 0.4) is 0 Å². The number of carboxylic acid groups (broad SMARTS) is 1. The summed E-state index contributed by atoms with van der Waals surface area (Å²) >= 11 is 4.76. The van der Waals surface area contributed by atoms with Gasteiger partial charge in [0.2, 0.25) is 5.43 Å². The SMILES string of the molecule is NC(=S)NC[C@H]1CN(c2ccc(N3CCN(c4nc5[nH]cc(C(=O)O)c(=O)c5cc4F)CC3)c(F)c2)C(=O)O1. The highest BCUT2D eigenvalue weighted by Crippen LogP contribution is 2.29. The van der Waals surface area contributed by atoms with Gasteiger partial charge >= 0.3 is 12.1 Å². The number of H-pyrrole nitrogens is 1. The van der Waals surface area contributed by atoms with E-state index in [4.69, 9.17) is 27.8 Å². The number of rotatable bonds is 6. The highest BCUT2D eigenvalue weighted by molar-refractivity contribution is 7.80. The normalized spacial score (nSPS) is 17.4. The summed E-state index contributed by atoms with van der Waals surface area (Å²) in [4.78, 5) is 47.4. The predicted molar refractivity (Wildman–Crippen MR) is 143 cm³/mol. The van der Waals surface area contributed by atoms with Gasteiger partial charge in [0.1, 0.15) is 23.1 Å². The molecule has 0 unspecified atom stereocenters. The van der Waals surface area contributed by atoms with Gasteiger partial charge in [0.15, 0.2) is 16.7 Å². The summed E-state index contributed by atoms with van der Waals surface area (Å²) in [5, 5.41) is 11.8. The number of anilines is 3. The van der Waals surface area contributed by atoms with Crippen molar-refractivity contribution in [2.24, 2.45) is 5.73 Å². The molecule has 2 fully saturated rings. The number of benzene rings is 1. The molecule has 0 spiro atoms. The van der Waals surface area contributed by atoms with Crippen LogP contribution in [0.2, 0.25) is 0 Å². The Balaban J connectivity index is 1.27. The number of fused-ring (bicyclic) bond motifs is 1. The second kappa shape index (κ2) is 10.3.